The Balaban J connectivity index is 0.000000213. The Bertz CT molecular complexity index is 1550. The molecular weight excluding hydrogens is 612 g/mol. The number of hydrogen-bond acceptors (Lipinski definition) is 0. The summed E-state index contributed by atoms with van der Waals surface area (Å²) in [6.45, 7) is 20.1. The molecule has 6 rings (SSSR count). The van der Waals surface area contributed by atoms with Gasteiger partial charge in [-0.2, -0.15) is 29.8 Å². The zero-order chi connectivity index (χ0) is 30.5. The molecular formula is C41H48SiZr. The molecule has 0 saturated carbocycles. The second-order valence-electron chi connectivity index (χ2n) is 13.6. The van der Waals surface area contributed by atoms with Crippen LogP contribution in [0, 0.1) is 6.07 Å². The van der Waals surface area contributed by atoms with Crippen LogP contribution < -0.4 is 0 Å². The molecule has 0 unspecified atom stereocenters. The molecule has 5 aromatic carbocycles. The van der Waals surface area contributed by atoms with Gasteiger partial charge in [0.05, 0.1) is 0 Å². The van der Waals surface area contributed by atoms with Crippen molar-refractivity contribution in [3.63, 3.8) is 0 Å². The average molecular weight is 660 g/mol. The monoisotopic (exact) mass is 658 g/mol. The summed E-state index contributed by atoms with van der Waals surface area (Å²) in [6.07, 6.45) is 3.40. The van der Waals surface area contributed by atoms with Gasteiger partial charge in [0.1, 0.15) is 0 Å². The molecule has 220 valence electrons. The minimum absolute atomic E-state index is 0. The first-order valence-electron chi connectivity index (χ1n) is 15.5. The van der Waals surface area contributed by atoms with Crippen molar-refractivity contribution in [3.05, 3.63) is 125 Å². The average Bonchev–Trinajstić information content (AvgIpc) is 3.53. The third-order valence-corrected chi connectivity index (χ3v) is 7.90. The van der Waals surface area contributed by atoms with Gasteiger partial charge in [-0.15, -0.1) is 45.7 Å². The Hall–Kier alpha value is -2.41. The molecule has 0 aromatic heterocycles. The Kier molecular flexibility index (Phi) is 12.3. The zero-order valence-corrected chi connectivity index (χ0v) is 31.2. The molecule has 0 nitrogen and oxygen atoms in total. The Morgan fingerprint density at radius 3 is 2.05 bits per heavy atom. The molecule has 1 aliphatic carbocycles. The van der Waals surface area contributed by atoms with Crippen LogP contribution in [0.1, 0.15) is 82.7 Å². The quantitative estimate of drug-likeness (QED) is 0.131. The van der Waals surface area contributed by atoms with E-state index >= 15 is 0 Å². The standard InChI is InChI=1S/C21H25.C18H17.C2H6Si.Zr/c1-20(2,3)16-7-9-18-14(12-16)11-15-13-17(21(4,5)6)8-10-19(15)18;1-2-7-14-12-16-10-6-11-17(18(16)13-14)15-8-4-3-5-9-15;1-3-2;/h7-10,12H,11H2,1-6H3;3-6,8-13H,2,7H2,1H3;1-2H3;/q2*-1;;+2. The van der Waals surface area contributed by atoms with Crippen LogP contribution in [0.5, 0.6) is 0 Å². The molecule has 2 radical (unpaired) electrons. The van der Waals surface area contributed by atoms with E-state index in [1.54, 1.807) is 0 Å². The predicted octanol–water partition coefficient (Wildman–Crippen LogP) is 11.6. The number of fused-ring (bicyclic) bond motifs is 4. The third kappa shape index (κ3) is 8.61. The smallest absolute Gasteiger partial charge is 0.175 e. The Morgan fingerprint density at radius 1 is 0.744 bits per heavy atom. The van der Waals surface area contributed by atoms with Crippen molar-refractivity contribution in [2.24, 2.45) is 0 Å². The van der Waals surface area contributed by atoms with Crippen molar-refractivity contribution in [2.75, 3.05) is 0 Å². The number of hydrogen-bond donors (Lipinski definition) is 0. The van der Waals surface area contributed by atoms with Crippen LogP contribution in [0.15, 0.2) is 91.0 Å². The van der Waals surface area contributed by atoms with Gasteiger partial charge in [0, 0.05) is 9.52 Å². The van der Waals surface area contributed by atoms with Crippen molar-refractivity contribution in [2.45, 2.75) is 91.7 Å². The summed E-state index contributed by atoms with van der Waals surface area (Å²) in [5.41, 5.74) is 12.8. The van der Waals surface area contributed by atoms with Gasteiger partial charge in [-0.25, -0.2) is 0 Å². The molecule has 2 heteroatoms. The molecule has 0 bridgehead atoms. The van der Waals surface area contributed by atoms with E-state index in [9.17, 15) is 0 Å². The topological polar surface area (TPSA) is 0 Å². The molecule has 0 aliphatic heterocycles. The number of rotatable bonds is 3. The van der Waals surface area contributed by atoms with Gasteiger partial charge in [0.15, 0.2) is 0 Å². The summed E-state index contributed by atoms with van der Waals surface area (Å²) >= 11 is 0. The van der Waals surface area contributed by atoms with Crippen LogP contribution in [0.2, 0.25) is 13.1 Å². The molecule has 0 atom stereocenters. The van der Waals surface area contributed by atoms with Gasteiger partial charge in [0.2, 0.25) is 0 Å². The Labute approximate surface area is 283 Å². The summed E-state index contributed by atoms with van der Waals surface area (Å²) in [7, 11) is 1.08. The second kappa shape index (κ2) is 15.0. The molecule has 0 N–H and O–H groups in total. The van der Waals surface area contributed by atoms with Crippen molar-refractivity contribution in [3.8, 4) is 22.3 Å². The van der Waals surface area contributed by atoms with Gasteiger partial charge in [-0.05, 0) is 40.4 Å². The Morgan fingerprint density at radius 2 is 1.42 bits per heavy atom. The van der Waals surface area contributed by atoms with Crippen molar-refractivity contribution in [1.82, 2.24) is 0 Å². The van der Waals surface area contributed by atoms with Crippen molar-refractivity contribution < 1.29 is 26.2 Å². The van der Waals surface area contributed by atoms with E-state index in [0.29, 0.717) is 0 Å². The fourth-order valence-electron chi connectivity index (χ4n) is 5.63. The van der Waals surface area contributed by atoms with Crippen LogP contribution in [0.4, 0.5) is 0 Å². The van der Waals surface area contributed by atoms with E-state index in [-0.39, 0.29) is 37.0 Å². The molecule has 5 aromatic rings. The van der Waals surface area contributed by atoms with Crippen molar-refractivity contribution in [1.29, 1.82) is 0 Å². The second-order valence-corrected chi connectivity index (χ2v) is 14.6. The summed E-state index contributed by atoms with van der Waals surface area (Å²) in [5, 5.41) is 2.74. The molecule has 0 spiro atoms. The van der Waals surface area contributed by atoms with Gasteiger partial charge in [0.25, 0.3) is 0 Å². The first-order chi connectivity index (χ1) is 20.0. The summed E-state index contributed by atoms with van der Waals surface area (Å²) < 4.78 is 0. The molecule has 43 heavy (non-hydrogen) atoms. The maximum absolute atomic E-state index is 3.67. The van der Waals surface area contributed by atoms with Crippen LogP contribution in [-0.4, -0.2) is 9.52 Å². The summed E-state index contributed by atoms with van der Waals surface area (Å²) in [6, 6.07) is 37.1. The third-order valence-electron chi connectivity index (χ3n) is 7.90. The van der Waals surface area contributed by atoms with Crippen LogP contribution in [-0.2, 0) is 49.9 Å². The van der Waals surface area contributed by atoms with Crippen LogP contribution >= 0.6 is 0 Å². The normalized spacial score (nSPS) is 11.8. The van der Waals surface area contributed by atoms with E-state index in [0.717, 1.165) is 15.9 Å². The molecule has 0 amide bonds. The van der Waals surface area contributed by atoms with Crippen LogP contribution in [0.3, 0.4) is 0 Å². The zero-order valence-electron chi connectivity index (χ0n) is 27.8. The number of benzene rings is 4. The van der Waals surface area contributed by atoms with Gasteiger partial charge < -0.3 is 0 Å². The number of aryl methyl sites for hydroxylation is 1. The first kappa shape index (κ1) is 35.1. The van der Waals surface area contributed by atoms with E-state index in [2.05, 4.69) is 159 Å². The maximum Gasteiger partial charge on any atom is 2.00 e. The minimum Gasteiger partial charge on any atom is -0.175 e. The van der Waals surface area contributed by atoms with Gasteiger partial charge in [-0.3, -0.25) is 0 Å². The summed E-state index contributed by atoms with van der Waals surface area (Å²) in [4.78, 5) is 0. The SMILES string of the molecule is CC(C)(C)c1[c-]c2c(cc1)-c1ccc(C(C)(C)C)cc1C2.CCCc1cc2c(-c3ccccc3)cccc2[cH-]1.C[Si]C.[Zr+2]. The maximum atomic E-state index is 3.67. The fraction of sp³-hybridized carbons (Fsp3) is 0.341. The van der Waals surface area contributed by atoms with Crippen LogP contribution in [0.25, 0.3) is 33.0 Å². The molecule has 0 fully saturated rings. The fourth-order valence-corrected chi connectivity index (χ4v) is 5.63. The molecule has 0 saturated heterocycles. The minimum atomic E-state index is 0. The molecule has 0 heterocycles. The van der Waals surface area contributed by atoms with Gasteiger partial charge >= 0.3 is 26.2 Å². The predicted molar refractivity (Wildman–Crippen MR) is 187 cm³/mol. The molecule has 1 aliphatic rings. The van der Waals surface area contributed by atoms with E-state index in [1.807, 2.05) is 0 Å². The first-order valence-corrected chi connectivity index (χ1v) is 17.5. The van der Waals surface area contributed by atoms with Crippen molar-refractivity contribution >= 4 is 20.3 Å². The van der Waals surface area contributed by atoms with E-state index < -0.39 is 0 Å². The summed E-state index contributed by atoms with van der Waals surface area (Å²) in [5.74, 6) is 0. The van der Waals surface area contributed by atoms with E-state index in [1.165, 1.54) is 73.7 Å². The van der Waals surface area contributed by atoms with Gasteiger partial charge in [-0.1, -0.05) is 134 Å². The largest absolute Gasteiger partial charge is 2.00 e. The van der Waals surface area contributed by atoms with E-state index in [4.69, 9.17) is 0 Å².